The second kappa shape index (κ2) is 8.69. The van der Waals surface area contributed by atoms with Crippen molar-refractivity contribution in [2.75, 3.05) is 26.2 Å². The zero-order chi connectivity index (χ0) is 20.5. The molecule has 4 nitrogen and oxygen atoms in total. The summed E-state index contributed by atoms with van der Waals surface area (Å²) in [7, 11) is 0. The maximum Gasteiger partial charge on any atom is 0.224 e. The number of hydrogen-bond donors (Lipinski definition) is 1. The molecule has 29 heavy (non-hydrogen) atoms. The summed E-state index contributed by atoms with van der Waals surface area (Å²) in [5.74, 6) is 1.66. The van der Waals surface area contributed by atoms with Gasteiger partial charge in [-0.25, -0.2) is 0 Å². The van der Waals surface area contributed by atoms with Crippen LogP contribution in [0.1, 0.15) is 63.8 Å². The van der Waals surface area contributed by atoms with Crippen molar-refractivity contribution in [2.24, 2.45) is 11.8 Å². The van der Waals surface area contributed by atoms with E-state index < -0.39 is 0 Å². The number of fused-ring (bicyclic) bond motifs is 3. The smallest absolute Gasteiger partial charge is 0.224 e. The quantitative estimate of drug-likeness (QED) is 0.708. The summed E-state index contributed by atoms with van der Waals surface area (Å²) in [6.45, 7) is 10.8. The highest BCUT2D eigenvalue weighted by atomic mass is 35.5. The van der Waals surface area contributed by atoms with Gasteiger partial charge >= 0.3 is 0 Å². The number of amides is 1. The molecule has 1 aromatic carbocycles. The van der Waals surface area contributed by atoms with Crippen LogP contribution in [0.2, 0.25) is 5.02 Å². The molecule has 1 fully saturated rings. The van der Waals surface area contributed by atoms with Crippen LogP contribution in [-0.2, 0) is 11.2 Å². The van der Waals surface area contributed by atoms with Gasteiger partial charge in [0.25, 0.3) is 0 Å². The van der Waals surface area contributed by atoms with Gasteiger partial charge in [-0.05, 0) is 74.4 Å². The molecule has 1 saturated heterocycles. The number of aromatic amines is 1. The molecule has 1 unspecified atom stereocenters. The maximum atomic E-state index is 13.2. The van der Waals surface area contributed by atoms with E-state index in [0.29, 0.717) is 18.2 Å². The molecule has 0 radical (unpaired) electrons. The summed E-state index contributed by atoms with van der Waals surface area (Å²) in [5, 5.41) is 1.99. The Bertz CT molecular complexity index is 866. The summed E-state index contributed by atoms with van der Waals surface area (Å²) >= 11 is 6.26. The molecule has 4 rings (SSSR count). The highest BCUT2D eigenvalue weighted by molar-refractivity contribution is 6.31. The van der Waals surface area contributed by atoms with Gasteiger partial charge in [-0.15, -0.1) is 0 Å². The monoisotopic (exact) mass is 415 g/mol. The van der Waals surface area contributed by atoms with Crippen LogP contribution in [0.3, 0.4) is 0 Å². The minimum atomic E-state index is 0.138. The number of rotatable bonds is 5. The lowest BCUT2D eigenvalue weighted by Gasteiger charge is -2.38. The van der Waals surface area contributed by atoms with Crippen molar-refractivity contribution in [3.8, 4) is 0 Å². The van der Waals surface area contributed by atoms with E-state index >= 15 is 0 Å². The van der Waals surface area contributed by atoms with Crippen LogP contribution in [0, 0.1) is 11.8 Å². The summed E-state index contributed by atoms with van der Waals surface area (Å²) in [5.41, 5.74) is 3.70. The molecule has 0 spiro atoms. The summed E-state index contributed by atoms with van der Waals surface area (Å²) in [6, 6.07) is 6.20. The van der Waals surface area contributed by atoms with Gasteiger partial charge in [0.1, 0.15) is 0 Å². The fraction of sp³-hybridized carbons (Fsp3) is 0.625. The minimum Gasteiger partial charge on any atom is -0.356 e. The molecule has 2 aliphatic rings. The molecule has 2 aromatic rings. The third kappa shape index (κ3) is 4.49. The Kier molecular flexibility index (Phi) is 6.21. The maximum absolute atomic E-state index is 13.2. The Morgan fingerprint density at radius 2 is 2.00 bits per heavy atom. The predicted octanol–water partition coefficient (Wildman–Crippen LogP) is 5.42. The van der Waals surface area contributed by atoms with Crippen molar-refractivity contribution in [3.63, 3.8) is 0 Å². The van der Waals surface area contributed by atoms with Gasteiger partial charge in [-0.3, -0.25) is 4.79 Å². The molecule has 5 heteroatoms. The van der Waals surface area contributed by atoms with Crippen LogP contribution in [-0.4, -0.2) is 46.9 Å². The molecule has 158 valence electrons. The van der Waals surface area contributed by atoms with Crippen molar-refractivity contribution < 1.29 is 4.79 Å². The lowest BCUT2D eigenvalue weighted by Crippen LogP contribution is -2.42. The van der Waals surface area contributed by atoms with Gasteiger partial charge in [-0.2, -0.15) is 0 Å². The van der Waals surface area contributed by atoms with Crippen molar-refractivity contribution in [1.29, 1.82) is 0 Å². The molecule has 2 aliphatic heterocycles. The number of likely N-dealkylation sites (tertiary alicyclic amines) is 1. The van der Waals surface area contributed by atoms with Crippen molar-refractivity contribution in [2.45, 2.75) is 58.9 Å². The molecule has 1 atom stereocenters. The van der Waals surface area contributed by atoms with Crippen LogP contribution < -0.4 is 0 Å². The van der Waals surface area contributed by atoms with Crippen LogP contribution in [0.15, 0.2) is 18.2 Å². The van der Waals surface area contributed by atoms with Gasteiger partial charge in [-0.1, -0.05) is 32.4 Å². The first-order valence-corrected chi connectivity index (χ1v) is 11.6. The number of aromatic nitrogens is 1. The second-order valence-corrected chi connectivity index (χ2v) is 9.90. The molecular formula is C24H34ClN3O. The van der Waals surface area contributed by atoms with Gasteiger partial charge in [0.05, 0.1) is 6.04 Å². The largest absolute Gasteiger partial charge is 0.356 e. The zero-order valence-corrected chi connectivity index (χ0v) is 18.8. The minimum absolute atomic E-state index is 0.138. The van der Waals surface area contributed by atoms with Crippen LogP contribution in [0.25, 0.3) is 10.9 Å². The van der Waals surface area contributed by atoms with E-state index in [2.05, 4.69) is 47.7 Å². The topological polar surface area (TPSA) is 39.3 Å². The summed E-state index contributed by atoms with van der Waals surface area (Å²) in [4.78, 5) is 21.5. The first-order chi connectivity index (χ1) is 13.9. The Morgan fingerprint density at radius 1 is 1.24 bits per heavy atom. The number of halogens is 1. The van der Waals surface area contributed by atoms with E-state index in [1.54, 1.807) is 0 Å². The average molecular weight is 416 g/mol. The molecule has 1 aromatic heterocycles. The van der Waals surface area contributed by atoms with Crippen molar-refractivity contribution >= 4 is 28.4 Å². The first kappa shape index (κ1) is 20.7. The number of nitrogens with zero attached hydrogens (tertiary/aromatic N) is 2. The van der Waals surface area contributed by atoms with E-state index in [0.717, 1.165) is 55.5 Å². The number of nitrogens with one attached hydrogen (secondary N) is 1. The fourth-order valence-electron chi connectivity index (χ4n) is 5.01. The van der Waals surface area contributed by atoms with Gasteiger partial charge in [0.2, 0.25) is 5.91 Å². The highest BCUT2D eigenvalue weighted by Crippen LogP contribution is 2.38. The van der Waals surface area contributed by atoms with Gasteiger partial charge < -0.3 is 14.8 Å². The van der Waals surface area contributed by atoms with Crippen LogP contribution >= 0.6 is 11.6 Å². The number of carbonyl (C=O) groups excluding carboxylic acids is 1. The Labute approximate surface area is 179 Å². The third-order valence-corrected chi connectivity index (χ3v) is 6.98. The number of carbonyl (C=O) groups is 1. The number of benzene rings is 1. The molecule has 1 N–H and O–H groups in total. The van der Waals surface area contributed by atoms with E-state index in [1.165, 1.54) is 29.5 Å². The van der Waals surface area contributed by atoms with Crippen molar-refractivity contribution in [3.05, 3.63) is 34.5 Å². The first-order valence-electron chi connectivity index (χ1n) is 11.2. The Hall–Kier alpha value is -1.52. The van der Waals surface area contributed by atoms with E-state index in [1.807, 2.05) is 6.07 Å². The normalized spacial score (nSPS) is 21.1. The van der Waals surface area contributed by atoms with Crippen LogP contribution in [0.4, 0.5) is 0 Å². The molecular weight excluding hydrogens is 382 g/mol. The summed E-state index contributed by atoms with van der Waals surface area (Å²) < 4.78 is 0. The number of hydrogen-bond acceptors (Lipinski definition) is 2. The van der Waals surface area contributed by atoms with Gasteiger partial charge in [0, 0.05) is 41.1 Å². The van der Waals surface area contributed by atoms with E-state index in [-0.39, 0.29) is 6.04 Å². The van der Waals surface area contributed by atoms with Crippen LogP contribution in [0.5, 0.6) is 0 Å². The van der Waals surface area contributed by atoms with Gasteiger partial charge in [0.15, 0.2) is 0 Å². The van der Waals surface area contributed by atoms with Crippen molar-refractivity contribution in [1.82, 2.24) is 14.8 Å². The molecule has 1 amide bonds. The zero-order valence-electron chi connectivity index (χ0n) is 18.0. The third-order valence-electron chi connectivity index (χ3n) is 6.75. The average Bonchev–Trinajstić information content (AvgIpc) is 3.05. The molecule has 0 aliphatic carbocycles. The second-order valence-electron chi connectivity index (χ2n) is 9.46. The standard InChI is InChI=1S/C24H34ClN3O/c1-16(2)14-22-24-19(20-15-18(25)4-5-21(20)26-24)8-13-28(22)23(29)9-12-27-10-6-17(3)7-11-27/h4-5,15-17,22,26H,6-14H2,1-3H3. The van der Waals surface area contributed by atoms with E-state index in [4.69, 9.17) is 11.6 Å². The number of H-pyrrole nitrogens is 1. The fourth-order valence-corrected chi connectivity index (χ4v) is 5.18. The molecule has 3 heterocycles. The lowest BCUT2D eigenvalue weighted by molar-refractivity contribution is -0.135. The predicted molar refractivity (Wildman–Crippen MR) is 120 cm³/mol. The lowest BCUT2D eigenvalue weighted by atomic mass is 9.91. The Balaban J connectivity index is 1.52. The Morgan fingerprint density at radius 3 is 2.72 bits per heavy atom. The SMILES string of the molecule is CC(C)CC1c2[nH]c3ccc(Cl)cc3c2CCN1C(=O)CCN1CCC(C)CC1. The molecule has 0 bridgehead atoms. The highest BCUT2D eigenvalue weighted by Gasteiger charge is 2.33. The van der Waals surface area contributed by atoms with E-state index in [9.17, 15) is 4.79 Å². The molecule has 0 saturated carbocycles. The number of piperidine rings is 1. The summed E-state index contributed by atoms with van der Waals surface area (Å²) in [6.07, 6.45) is 5.03.